The highest BCUT2D eigenvalue weighted by Crippen LogP contribution is 2.44. The van der Waals surface area contributed by atoms with Gasteiger partial charge in [-0.25, -0.2) is 4.98 Å². The SMILES string of the molecule is CN=C(NCCCn1ccnc1)NCC1(c2cccc(C(F)(F)F)c2)CCC1.I. The molecule has 0 radical (unpaired) electrons. The van der Waals surface area contributed by atoms with Crippen molar-refractivity contribution in [2.75, 3.05) is 20.1 Å². The van der Waals surface area contributed by atoms with Gasteiger partial charge in [0.05, 0.1) is 11.9 Å². The van der Waals surface area contributed by atoms with Crippen molar-refractivity contribution in [3.05, 3.63) is 54.1 Å². The smallest absolute Gasteiger partial charge is 0.356 e. The number of aliphatic imine (C=N–C) groups is 1. The van der Waals surface area contributed by atoms with Crippen LogP contribution >= 0.6 is 24.0 Å². The molecule has 0 saturated heterocycles. The molecule has 1 aromatic heterocycles. The van der Waals surface area contributed by atoms with Gasteiger partial charge in [-0.15, -0.1) is 24.0 Å². The van der Waals surface area contributed by atoms with E-state index < -0.39 is 11.7 Å². The van der Waals surface area contributed by atoms with Crippen molar-refractivity contribution in [1.82, 2.24) is 20.2 Å². The first-order chi connectivity index (χ1) is 13.4. The lowest BCUT2D eigenvalue weighted by atomic mass is 9.64. The van der Waals surface area contributed by atoms with Crippen LogP contribution in [0.2, 0.25) is 0 Å². The summed E-state index contributed by atoms with van der Waals surface area (Å²) in [6.07, 6.45) is 4.81. The Kier molecular flexibility index (Phi) is 8.35. The van der Waals surface area contributed by atoms with Gasteiger partial charge in [-0.3, -0.25) is 4.99 Å². The van der Waals surface area contributed by atoms with Crippen molar-refractivity contribution in [3.8, 4) is 0 Å². The molecule has 9 heteroatoms. The number of imidazole rings is 1. The van der Waals surface area contributed by atoms with Crippen LogP contribution in [0.15, 0.2) is 48.0 Å². The van der Waals surface area contributed by atoms with Gasteiger partial charge >= 0.3 is 6.18 Å². The van der Waals surface area contributed by atoms with Crippen molar-refractivity contribution in [2.24, 2.45) is 4.99 Å². The van der Waals surface area contributed by atoms with Crippen LogP contribution in [0.3, 0.4) is 0 Å². The van der Waals surface area contributed by atoms with Gasteiger partial charge in [-0.1, -0.05) is 24.6 Å². The van der Waals surface area contributed by atoms with Crippen molar-refractivity contribution < 1.29 is 13.2 Å². The van der Waals surface area contributed by atoms with E-state index in [1.165, 1.54) is 12.1 Å². The summed E-state index contributed by atoms with van der Waals surface area (Å²) >= 11 is 0. The van der Waals surface area contributed by atoms with Gasteiger partial charge in [0.25, 0.3) is 0 Å². The van der Waals surface area contributed by atoms with Crippen molar-refractivity contribution >= 4 is 29.9 Å². The molecule has 2 N–H and O–H groups in total. The second-order valence-electron chi connectivity index (χ2n) is 7.22. The number of guanidine groups is 1. The fourth-order valence-corrected chi connectivity index (χ4v) is 3.56. The molecule has 1 aliphatic carbocycles. The highest BCUT2D eigenvalue weighted by molar-refractivity contribution is 14.0. The van der Waals surface area contributed by atoms with Gasteiger partial charge in [-0.05, 0) is 30.9 Å². The monoisotopic (exact) mass is 521 g/mol. The summed E-state index contributed by atoms with van der Waals surface area (Å²) in [7, 11) is 1.70. The maximum Gasteiger partial charge on any atom is 0.416 e. The summed E-state index contributed by atoms with van der Waals surface area (Å²) in [5.74, 6) is 0.670. The highest BCUT2D eigenvalue weighted by Gasteiger charge is 2.40. The molecule has 0 spiro atoms. The molecule has 1 heterocycles. The van der Waals surface area contributed by atoms with Gasteiger partial charge in [0.15, 0.2) is 5.96 Å². The third-order valence-corrected chi connectivity index (χ3v) is 5.38. The first-order valence-corrected chi connectivity index (χ1v) is 9.51. The van der Waals surface area contributed by atoms with Gasteiger partial charge in [0.2, 0.25) is 0 Å². The zero-order valence-electron chi connectivity index (χ0n) is 16.4. The largest absolute Gasteiger partial charge is 0.416 e. The van der Waals surface area contributed by atoms with Crippen LogP contribution in [0, 0.1) is 0 Å². The van der Waals surface area contributed by atoms with Crippen LogP contribution in [0.5, 0.6) is 0 Å². The molecule has 5 nitrogen and oxygen atoms in total. The maximum atomic E-state index is 13.1. The minimum absolute atomic E-state index is 0. The number of alkyl halides is 3. The van der Waals surface area contributed by atoms with Gasteiger partial charge in [0, 0.05) is 44.5 Å². The number of nitrogens with one attached hydrogen (secondary N) is 2. The Morgan fingerprint density at radius 3 is 2.66 bits per heavy atom. The second-order valence-corrected chi connectivity index (χ2v) is 7.22. The van der Waals surface area contributed by atoms with Crippen molar-refractivity contribution in [1.29, 1.82) is 0 Å². The summed E-state index contributed by atoms with van der Waals surface area (Å²) in [4.78, 5) is 8.24. The lowest BCUT2D eigenvalue weighted by Gasteiger charge is -2.43. The Bertz CT molecular complexity index is 786. The first kappa shape index (κ1) is 23.5. The lowest BCUT2D eigenvalue weighted by molar-refractivity contribution is -0.137. The molecule has 1 saturated carbocycles. The number of aromatic nitrogens is 2. The molecule has 3 rings (SSSR count). The molecule has 2 aromatic rings. The van der Waals surface area contributed by atoms with Gasteiger partial charge in [-0.2, -0.15) is 13.2 Å². The summed E-state index contributed by atoms with van der Waals surface area (Å²) in [5.41, 5.74) is -0.106. The summed E-state index contributed by atoms with van der Waals surface area (Å²) < 4.78 is 41.2. The van der Waals surface area contributed by atoms with Crippen LogP contribution in [-0.4, -0.2) is 35.6 Å². The predicted molar refractivity (Wildman–Crippen MR) is 119 cm³/mol. The Hall–Kier alpha value is -1.78. The number of benzene rings is 1. The fraction of sp³-hybridized carbons (Fsp3) is 0.500. The topological polar surface area (TPSA) is 54.2 Å². The number of halogens is 4. The van der Waals surface area contributed by atoms with Gasteiger partial charge < -0.3 is 15.2 Å². The van der Waals surface area contributed by atoms with Crippen LogP contribution in [0.4, 0.5) is 13.2 Å². The van der Waals surface area contributed by atoms with E-state index in [4.69, 9.17) is 0 Å². The Morgan fingerprint density at radius 1 is 1.28 bits per heavy atom. The molecule has 160 valence electrons. The van der Waals surface area contributed by atoms with Crippen LogP contribution in [0.25, 0.3) is 0 Å². The lowest BCUT2D eigenvalue weighted by Crippen LogP contribution is -2.49. The van der Waals surface area contributed by atoms with Crippen LogP contribution in [-0.2, 0) is 18.1 Å². The molecule has 0 unspecified atom stereocenters. The Labute approximate surface area is 186 Å². The zero-order chi connectivity index (χ0) is 20.0. The predicted octanol–water partition coefficient (Wildman–Crippen LogP) is 4.20. The fourth-order valence-electron chi connectivity index (χ4n) is 3.56. The van der Waals surface area contributed by atoms with E-state index in [-0.39, 0.29) is 29.4 Å². The number of nitrogens with zero attached hydrogens (tertiary/aromatic N) is 3. The minimum atomic E-state index is -4.32. The standard InChI is InChI=1S/C20H26F3N5.HI/c1-24-18(26-9-4-11-28-12-10-25-15-28)27-14-19(7-3-8-19)16-5-2-6-17(13-16)20(21,22)23;/h2,5-6,10,12-13,15H,3-4,7-9,11,14H2,1H3,(H2,24,26,27);1H. The van der Waals surface area contributed by atoms with Crippen molar-refractivity contribution in [2.45, 2.75) is 43.8 Å². The first-order valence-electron chi connectivity index (χ1n) is 9.51. The minimum Gasteiger partial charge on any atom is -0.356 e. The molecular weight excluding hydrogens is 494 g/mol. The average molecular weight is 521 g/mol. The molecular formula is C20H27F3IN5. The Morgan fingerprint density at radius 2 is 2.07 bits per heavy atom. The molecule has 29 heavy (non-hydrogen) atoms. The number of hydrogen-bond acceptors (Lipinski definition) is 2. The van der Waals surface area contributed by atoms with Crippen molar-refractivity contribution in [3.63, 3.8) is 0 Å². The quantitative estimate of drug-likeness (QED) is 0.249. The molecule has 1 aromatic carbocycles. The summed E-state index contributed by atoms with van der Waals surface area (Å²) in [6.45, 7) is 2.17. The second kappa shape index (κ2) is 10.3. The third kappa shape index (κ3) is 6.10. The number of aryl methyl sites for hydroxylation is 1. The van der Waals surface area contributed by atoms with E-state index >= 15 is 0 Å². The highest BCUT2D eigenvalue weighted by atomic mass is 127. The van der Waals surface area contributed by atoms with E-state index in [0.29, 0.717) is 12.5 Å². The maximum absolute atomic E-state index is 13.1. The zero-order valence-corrected chi connectivity index (χ0v) is 18.7. The molecule has 0 bridgehead atoms. The van der Waals surface area contributed by atoms with Gasteiger partial charge in [0.1, 0.15) is 0 Å². The number of rotatable bonds is 7. The van der Waals surface area contributed by atoms with E-state index in [1.54, 1.807) is 25.6 Å². The molecule has 0 amide bonds. The third-order valence-electron chi connectivity index (χ3n) is 5.38. The molecule has 0 atom stereocenters. The Balaban J connectivity index is 0.00000300. The summed E-state index contributed by atoms with van der Waals surface area (Å²) in [5, 5.41) is 6.57. The van der Waals surface area contributed by atoms with Crippen LogP contribution in [0.1, 0.15) is 36.8 Å². The van der Waals surface area contributed by atoms with E-state index in [0.717, 1.165) is 50.4 Å². The number of hydrogen-bond donors (Lipinski definition) is 2. The van der Waals surface area contributed by atoms with E-state index in [9.17, 15) is 13.2 Å². The normalized spacial score (nSPS) is 15.9. The molecule has 0 aliphatic heterocycles. The molecule has 1 fully saturated rings. The molecule has 1 aliphatic rings. The van der Waals surface area contributed by atoms with E-state index in [2.05, 4.69) is 20.6 Å². The van der Waals surface area contributed by atoms with Crippen LogP contribution < -0.4 is 10.6 Å². The summed E-state index contributed by atoms with van der Waals surface area (Å²) in [6, 6.07) is 5.73. The average Bonchev–Trinajstić information content (AvgIpc) is 3.15. The van der Waals surface area contributed by atoms with E-state index in [1.807, 2.05) is 10.8 Å².